The highest BCUT2D eigenvalue weighted by Crippen LogP contribution is 2.34. The highest BCUT2D eigenvalue weighted by Gasteiger charge is 2.45. The number of ether oxygens (including phenoxy) is 5. The second-order valence-corrected chi connectivity index (χ2v) is 6.95. The van der Waals surface area contributed by atoms with Crippen LogP contribution in [0.3, 0.4) is 0 Å². The first-order valence-electron chi connectivity index (χ1n) is 9.52. The first-order chi connectivity index (χ1) is 15.2. The van der Waals surface area contributed by atoms with E-state index < -0.39 is 43.3 Å². The van der Waals surface area contributed by atoms with E-state index in [0.29, 0.717) is 0 Å². The van der Waals surface area contributed by atoms with Crippen molar-refractivity contribution in [3.8, 4) is 28.7 Å². The molecule has 0 aromatic heterocycles. The number of phenols is 2. The third kappa shape index (κ3) is 4.97. The molecule has 1 heterocycles. The van der Waals surface area contributed by atoms with E-state index in [2.05, 4.69) is 0 Å². The average molecular weight is 452 g/mol. The van der Waals surface area contributed by atoms with Crippen LogP contribution in [0.25, 0.3) is 0 Å². The van der Waals surface area contributed by atoms with Gasteiger partial charge >= 0.3 is 5.97 Å². The molecule has 11 nitrogen and oxygen atoms in total. The normalized spacial score (nSPS) is 25.1. The number of benzene rings is 2. The Balaban J connectivity index is 1.69. The summed E-state index contributed by atoms with van der Waals surface area (Å²) in [5, 5.41) is 49.9. The zero-order valence-corrected chi connectivity index (χ0v) is 17.2. The van der Waals surface area contributed by atoms with Gasteiger partial charge in [0.2, 0.25) is 6.29 Å². The Morgan fingerprint density at radius 3 is 2.31 bits per heavy atom. The number of carbonyl (C=O) groups excluding carboxylic acids is 1. The summed E-state index contributed by atoms with van der Waals surface area (Å²) in [6, 6.07) is 7.83. The van der Waals surface area contributed by atoms with Crippen molar-refractivity contribution in [2.45, 2.75) is 30.7 Å². The van der Waals surface area contributed by atoms with Crippen LogP contribution in [0.15, 0.2) is 36.4 Å². The summed E-state index contributed by atoms with van der Waals surface area (Å²) in [6.45, 7) is -0.473. The van der Waals surface area contributed by atoms with E-state index in [4.69, 9.17) is 23.7 Å². The molecule has 1 saturated heterocycles. The zero-order chi connectivity index (χ0) is 23.4. The van der Waals surface area contributed by atoms with E-state index in [1.165, 1.54) is 50.6 Å². The van der Waals surface area contributed by atoms with Crippen LogP contribution in [0.5, 0.6) is 28.7 Å². The third-order valence-electron chi connectivity index (χ3n) is 4.85. The molecule has 1 fully saturated rings. The summed E-state index contributed by atoms with van der Waals surface area (Å²) in [7, 11) is 2.67. The van der Waals surface area contributed by atoms with Crippen LogP contribution in [0.1, 0.15) is 10.4 Å². The molecule has 2 aromatic rings. The van der Waals surface area contributed by atoms with Crippen molar-refractivity contribution in [1.82, 2.24) is 0 Å². The van der Waals surface area contributed by atoms with Crippen LogP contribution in [-0.2, 0) is 9.47 Å². The van der Waals surface area contributed by atoms with Gasteiger partial charge in [0, 0.05) is 6.07 Å². The van der Waals surface area contributed by atoms with Crippen molar-refractivity contribution in [1.29, 1.82) is 0 Å². The van der Waals surface area contributed by atoms with E-state index in [-0.39, 0.29) is 34.3 Å². The molecule has 0 bridgehead atoms. The number of phenolic OH excluding ortho intramolecular Hbond substituents is 2. The molecule has 3 rings (SSSR count). The second kappa shape index (κ2) is 9.92. The summed E-state index contributed by atoms with van der Waals surface area (Å²) >= 11 is 0. The van der Waals surface area contributed by atoms with Gasteiger partial charge in [-0.05, 0) is 30.3 Å². The molecule has 0 aliphatic carbocycles. The number of aromatic hydroxyl groups is 2. The smallest absolute Gasteiger partial charge is 0.338 e. The van der Waals surface area contributed by atoms with Gasteiger partial charge in [-0.25, -0.2) is 4.79 Å². The average Bonchev–Trinajstić information content (AvgIpc) is 2.79. The maximum Gasteiger partial charge on any atom is 0.338 e. The van der Waals surface area contributed by atoms with Crippen LogP contribution in [0, 0.1) is 0 Å². The molecule has 5 atom stereocenters. The number of rotatable bonds is 7. The number of hydrogen-bond donors (Lipinski definition) is 5. The van der Waals surface area contributed by atoms with E-state index in [1.54, 1.807) is 0 Å². The minimum Gasteiger partial charge on any atom is -0.508 e. The fraction of sp³-hybridized carbons (Fsp3) is 0.381. The van der Waals surface area contributed by atoms with Crippen molar-refractivity contribution in [3.05, 3.63) is 42.0 Å². The molecule has 1 aliphatic rings. The van der Waals surface area contributed by atoms with Crippen LogP contribution in [0.4, 0.5) is 0 Å². The molecule has 1 aliphatic heterocycles. The minimum atomic E-state index is -1.66. The van der Waals surface area contributed by atoms with Gasteiger partial charge in [0.05, 0.1) is 19.8 Å². The predicted molar refractivity (Wildman–Crippen MR) is 107 cm³/mol. The van der Waals surface area contributed by atoms with Gasteiger partial charge in [-0.15, -0.1) is 0 Å². The highest BCUT2D eigenvalue weighted by molar-refractivity contribution is 5.90. The molecule has 0 radical (unpaired) electrons. The van der Waals surface area contributed by atoms with E-state index in [9.17, 15) is 30.3 Å². The number of esters is 1. The van der Waals surface area contributed by atoms with Gasteiger partial charge < -0.3 is 49.2 Å². The standard InChI is InChI=1S/C21H24O11/c1-28-14-7-10(3-5-12(14)23)20(27)30-9-16-17(24)18(25)19(26)21(32-16)31-13-6-4-11(22)8-15(13)29-2/h3-8,16-19,21-26H,9H2,1-2H3/t16-,17-,18+,19-,21-/m1/s1. The van der Waals surface area contributed by atoms with Crippen molar-refractivity contribution in [2.75, 3.05) is 20.8 Å². The SMILES string of the molecule is COc1cc(C(=O)OC[C@H]2O[C@@H](Oc3ccc(O)cc3OC)[C@H](O)[C@@H](O)[C@@H]2O)ccc1O. The minimum absolute atomic E-state index is 0.0725. The Labute approximate surface area is 182 Å². The number of hydrogen-bond acceptors (Lipinski definition) is 11. The molecule has 0 unspecified atom stereocenters. The Morgan fingerprint density at radius 1 is 0.906 bits per heavy atom. The topological polar surface area (TPSA) is 164 Å². The van der Waals surface area contributed by atoms with Crippen molar-refractivity contribution in [3.63, 3.8) is 0 Å². The molecule has 32 heavy (non-hydrogen) atoms. The molecular weight excluding hydrogens is 428 g/mol. The highest BCUT2D eigenvalue weighted by atomic mass is 16.7. The number of methoxy groups -OCH3 is 2. The lowest BCUT2D eigenvalue weighted by atomic mass is 9.99. The maximum atomic E-state index is 12.3. The van der Waals surface area contributed by atoms with Crippen LogP contribution in [-0.4, -0.2) is 83.0 Å². The summed E-state index contributed by atoms with van der Waals surface area (Å²) < 4.78 is 26.3. The summed E-state index contributed by atoms with van der Waals surface area (Å²) in [4.78, 5) is 12.3. The first-order valence-corrected chi connectivity index (χ1v) is 9.52. The van der Waals surface area contributed by atoms with Crippen molar-refractivity contribution in [2.24, 2.45) is 0 Å². The lowest BCUT2D eigenvalue weighted by Crippen LogP contribution is -2.60. The van der Waals surface area contributed by atoms with Crippen LogP contribution < -0.4 is 14.2 Å². The van der Waals surface area contributed by atoms with Crippen LogP contribution >= 0.6 is 0 Å². The maximum absolute atomic E-state index is 12.3. The molecule has 0 amide bonds. The van der Waals surface area contributed by atoms with Crippen molar-refractivity contribution < 1.29 is 54.0 Å². The lowest BCUT2D eigenvalue weighted by molar-refractivity contribution is -0.277. The Kier molecular flexibility index (Phi) is 7.26. The van der Waals surface area contributed by atoms with Gasteiger partial charge in [-0.3, -0.25) is 0 Å². The van der Waals surface area contributed by atoms with Gasteiger partial charge in [-0.1, -0.05) is 0 Å². The Morgan fingerprint density at radius 2 is 1.62 bits per heavy atom. The fourth-order valence-corrected chi connectivity index (χ4v) is 3.08. The molecule has 0 spiro atoms. The largest absolute Gasteiger partial charge is 0.508 e. The third-order valence-corrected chi connectivity index (χ3v) is 4.85. The molecule has 0 saturated carbocycles. The van der Waals surface area contributed by atoms with Gasteiger partial charge in [0.15, 0.2) is 23.0 Å². The van der Waals surface area contributed by atoms with Crippen LogP contribution in [0.2, 0.25) is 0 Å². The van der Waals surface area contributed by atoms with Gasteiger partial charge in [0.1, 0.15) is 36.8 Å². The second-order valence-electron chi connectivity index (χ2n) is 6.95. The van der Waals surface area contributed by atoms with Crippen molar-refractivity contribution >= 4 is 5.97 Å². The fourth-order valence-electron chi connectivity index (χ4n) is 3.08. The summed E-state index contributed by atoms with van der Waals surface area (Å²) in [5.74, 6) is -0.710. The Bertz CT molecular complexity index is 947. The van der Waals surface area contributed by atoms with E-state index >= 15 is 0 Å². The van der Waals surface area contributed by atoms with Gasteiger partial charge in [-0.2, -0.15) is 0 Å². The van der Waals surface area contributed by atoms with E-state index in [0.717, 1.165) is 0 Å². The summed E-state index contributed by atoms with van der Waals surface area (Å²) in [6.07, 6.45) is -7.53. The number of aliphatic hydroxyl groups excluding tert-OH is 3. The summed E-state index contributed by atoms with van der Waals surface area (Å²) in [5.41, 5.74) is 0.0761. The molecule has 11 heteroatoms. The number of carbonyl (C=O) groups is 1. The lowest BCUT2D eigenvalue weighted by Gasteiger charge is -2.40. The van der Waals surface area contributed by atoms with E-state index in [1.807, 2.05) is 0 Å². The first kappa shape index (κ1) is 23.4. The molecule has 5 N–H and O–H groups in total. The quantitative estimate of drug-likeness (QED) is 0.363. The van der Waals surface area contributed by atoms with Gasteiger partial charge in [0.25, 0.3) is 0 Å². The number of aliphatic hydroxyl groups is 3. The molecule has 174 valence electrons. The zero-order valence-electron chi connectivity index (χ0n) is 17.2. The predicted octanol–water partition coefficient (Wildman–Crippen LogP) is 0.158. The monoisotopic (exact) mass is 452 g/mol. The molecular formula is C21H24O11. The Hall–Kier alpha value is -3.25. The molecule has 2 aromatic carbocycles.